The van der Waals surface area contributed by atoms with E-state index in [0.29, 0.717) is 0 Å². The third kappa shape index (κ3) is 2.36. The smallest absolute Gasteiger partial charge is 0.148 e. The van der Waals surface area contributed by atoms with Crippen LogP contribution in [0, 0.1) is 13.0 Å². The van der Waals surface area contributed by atoms with Gasteiger partial charge in [0.05, 0.1) is 10.2 Å². The van der Waals surface area contributed by atoms with Crippen molar-refractivity contribution < 1.29 is 4.74 Å². The fourth-order valence-electron chi connectivity index (χ4n) is 1.18. The Morgan fingerprint density at radius 1 is 1.27 bits per heavy atom. The van der Waals surface area contributed by atoms with Gasteiger partial charge >= 0.3 is 0 Å². The minimum absolute atomic E-state index is 0.744. The van der Waals surface area contributed by atoms with E-state index in [4.69, 9.17) is 4.74 Å². The number of aromatic nitrogens is 1. The maximum atomic E-state index is 5.70. The number of aryl methyl sites for hydroxylation is 1. The van der Waals surface area contributed by atoms with Crippen molar-refractivity contribution >= 4 is 15.9 Å². The van der Waals surface area contributed by atoms with Crippen LogP contribution in [0.2, 0.25) is 0 Å². The van der Waals surface area contributed by atoms with Gasteiger partial charge in [-0.25, -0.2) is 0 Å². The van der Waals surface area contributed by atoms with Gasteiger partial charge in [-0.15, -0.1) is 0 Å². The monoisotopic (exact) mass is 262 g/mol. The average Bonchev–Trinajstić information content (AvgIpc) is 2.24. The molecule has 0 amide bonds. The van der Waals surface area contributed by atoms with Crippen molar-refractivity contribution in [2.24, 2.45) is 0 Å². The molecule has 0 saturated heterocycles. The Morgan fingerprint density at radius 3 is 2.80 bits per heavy atom. The summed E-state index contributed by atoms with van der Waals surface area (Å²) in [4.78, 5) is 4.15. The molecule has 0 aliphatic rings. The van der Waals surface area contributed by atoms with Crippen molar-refractivity contribution in [1.29, 1.82) is 0 Å². The Balaban J connectivity index is 2.30. The molecule has 0 aliphatic heterocycles. The van der Waals surface area contributed by atoms with Crippen LogP contribution in [0.3, 0.4) is 0 Å². The van der Waals surface area contributed by atoms with Crippen LogP contribution in [0.5, 0.6) is 11.5 Å². The van der Waals surface area contributed by atoms with E-state index in [0.717, 1.165) is 21.7 Å². The van der Waals surface area contributed by atoms with E-state index < -0.39 is 0 Å². The molecular weight excluding hydrogens is 254 g/mol. The molecule has 0 atom stereocenters. The molecule has 0 bridgehead atoms. The first-order valence-electron chi connectivity index (χ1n) is 4.53. The van der Waals surface area contributed by atoms with Crippen molar-refractivity contribution in [2.75, 3.05) is 0 Å². The summed E-state index contributed by atoms with van der Waals surface area (Å²) in [6.45, 7) is 1.91. The quantitative estimate of drug-likeness (QED) is 0.823. The number of hydrogen-bond donors (Lipinski definition) is 0. The minimum Gasteiger partial charge on any atom is -0.454 e. The third-order valence-electron chi connectivity index (χ3n) is 1.95. The largest absolute Gasteiger partial charge is 0.454 e. The van der Waals surface area contributed by atoms with Gasteiger partial charge in [-0.3, -0.25) is 4.98 Å². The van der Waals surface area contributed by atoms with Crippen LogP contribution in [0.4, 0.5) is 0 Å². The lowest BCUT2D eigenvalue weighted by atomic mass is 10.3. The van der Waals surface area contributed by atoms with E-state index in [1.807, 2.05) is 37.3 Å². The summed E-state index contributed by atoms with van der Waals surface area (Å²) in [5, 5.41) is 0. The lowest BCUT2D eigenvalue weighted by Gasteiger charge is -2.08. The standard InChI is InChI=1S/C12H9BrNO/c1-9-11(7-4-8-14-9)15-12-6-3-2-5-10(12)13/h2-4,6-8H,1H3. The van der Waals surface area contributed by atoms with Crippen molar-refractivity contribution in [3.05, 3.63) is 52.8 Å². The zero-order valence-corrected chi connectivity index (χ0v) is 9.78. The Kier molecular flexibility index (Phi) is 3.02. The lowest BCUT2D eigenvalue weighted by Crippen LogP contribution is -1.90. The number of pyridine rings is 1. The Labute approximate surface area is 97.1 Å². The van der Waals surface area contributed by atoms with Crippen molar-refractivity contribution in [3.63, 3.8) is 0 Å². The molecule has 1 radical (unpaired) electrons. The second kappa shape index (κ2) is 4.45. The minimum atomic E-state index is 0.744. The zero-order chi connectivity index (χ0) is 10.7. The second-order valence-corrected chi connectivity index (χ2v) is 3.83. The van der Waals surface area contributed by atoms with Crippen molar-refractivity contribution in [1.82, 2.24) is 4.98 Å². The summed E-state index contributed by atoms with van der Waals surface area (Å²) in [6.07, 6.45) is 1.74. The van der Waals surface area contributed by atoms with Crippen LogP contribution < -0.4 is 4.74 Å². The van der Waals surface area contributed by atoms with E-state index >= 15 is 0 Å². The van der Waals surface area contributed by atoms with Gasteiger partial charge < -0.3 is 4.74 Å². The van der Waals surface area contributed by atoms with Crippen LogP contribution in [0.15, 0.2) is 41.0 Å². The molecule has 1 heterocycles. The van der Waals surface area contributed by atoms with Gasteiger partial charge in [0, 0.05) is 12.3 Å². The molecule has 2 nitrogen and oxygen atoms in total. The highest BCUT2D eigenvalue weighted by Gasteiger charge is 2.03. The van der Waals surface area contributed by atoms with E-state index in [-0.39, 0.29) is 0 Å². The molecule has 15 heavy (non-hydrogen) atoms. The summed E-state index contributed by atoms with van der Waals surface area (Å²) in [5.74, 6) is 1.51. The molecule has 3 heteroatoms. The molecule has 0 spiro atoms. The van der Waals surface area contributed by atoms with Gasteiger partial charge in [-0.1, -0.05) is 12.1 Å². The first kappa shape index (κ1) is 10.2. The maximum Gasteiger partial charge on any atom is 0.148 e. The second-order valence-electron chi connectivity index (χ2n) is 3.04. The molecular formula is C12H9BrNO. The van der Waals surface area contributed by atoms with E-state index in [1.54, 1.807) is 6.20 Å². The van der Waals surface area contributed by atoms with Crippen LogP contribution in [0.1, 0.15) is 5.69 Å². The highest BCUT2D eigenvalue weighted by molar-refractivity contribution is 9.10. The van der Waals surface area contributed by atoms with Crippen LogP contribution >= 0.6 is 15.9 Å². The summed E-state index contributed by atoms with van der Waals surface area (Å²) in [5.41, 5.74) is 0.869. The number of hydrogen-bond acceptors (Lipinski definition) is 2. The molecule has 2 rings (SSSR count). The Hall–Kier alpha value is -1.35. The molecule has 0 unspecified atom stereocenters. The Bertz CT molecular complexity index is 427. The van der Waals surface area contributed by atoms with E-state index in [1.165, 1.54) is 0 Å². The predicted molar refractivity (Wildman–Crippen MR) is 62.0 cm³/mol. The van der Waals surface area contributed by atoms with Gasteiger partial charge in [0.2, 0.25) is 0 Å². The first-order chi connectivity index (χ1) is 7.27. The van der Waals surface area contributed by atoms with Gasteiger partial charge in [0.25, 0.3) is 0 Å². The number of halogens is 1. The zero-order valence-electron chi connectivity index (χ0n) is 8.20. The van der Waals surface area contributed by atoms with Crippen molar-refractivity contribution in [2.45, 2.75) is 6.92 Å². The third-order valence-corrected chi connectivity index (χ3v) is 2.57. The Morgan fingerprint density at radius 2 is 2.07 bits per heavy atom. The summed E-state index contributed by atoms with van der Waals surface area (Å²) < 4.78 is 6.51. The fourth-order valence-corrected chi connectivity index (χ4v) is 1.52. The van der Waals surface area contributed by atoms with E-state index in [9.17, 15) is 0 Å². The number of nitrogens with zero attached hydrogens (tertiary/aromatic N) is 1. The van der Waals surface area contributed by atoms with Crippen LogP contribution in [0.25, 0.3) is 0 Å². The molecule has 0 aliphatic carbocycles. The molecule has 2 aromatic rings. The topological polar surface area (TPSA) is 22.1 Å². The number of ether oxygens (including phenoxy) is 1. The molecule has 1 aromatic heterocycles. The maximum absolute atomic E-state index is 5.70. The summed E-state index contributed by atoms with van der Waals surface area (Å²) in [7, 11) is 0. The van der Waals surface area contributed by atoms with Crippen LogP contribution in [-0.4, -0.2) is 4.98 Å². The molecule has 0 N–H and O–H groups in total. The normalized spacial score (nSPS) is 10.0. The molecule has 0 fully saturated rings. The fraction of sp³-hybridized carbons (Fsp3) is 0.0833. The SMILES string of the molecule is Cc1ncccc1Oc1ccc[c]c1Br. The van der Waals surface area contributed by atoms with Gasteiger partial charge in [0.15, 0.2) is 0 Å². The highest BCUT2D eigenvalue weighted by atomic mass is 79.9. The highest BCUT2D eigenvalue weighted by Crippen LogP contribution is 2.29. The summed E-state index contributed by atoms with van der Waals surface area (Å²) in [6, 6.07) is 12.3. The van der Waals surface area contributed by atoms with E-state index in [2.05, 4.69) is 27.0 Å². The van der Waals surface area contributed by atoms with Gasteiger partial charge in [0.1, 0.15) is 11.5 Å². The van der Waals surface area contributed by atoms with Crippen LogP contribution in [-0.2, 0) is 0 Å². The molecule has 1 aromatic carbocycles. The summed E-state index contributed by atoms with van der Waals surface area (Å²) >= 11 is 3.38. The van der Waals surface area contributed by atoms with Gasteiger partial charge in [-0.2, -0.15) is 0 Å². The van der Waals surface area contributed by atoms with Gasteiger partial charge in [-0.05, 0) is 41.1 Å². The lowest BCUT2D eigenvalue weighted by molar-refractivity contribution is 0.472. The predicted octanol–water partition coefficient (Wildman–Crippen LogP) is 3.75. The first-order valence-corrected chi connectivity index (χ1v) is 5.32. The molecule has 0 saturated carbocycles. The number of benzene rings is 1. The average molecular weight is 263 g/mol. The van der Waals surface area contributed by atoms with Crippen molar-refractivity contribution in [3.8, 4) is 11.5 Å². The molecule has 75 valence electrons. The number of rotatable bonds is 2.